The lowest BCUT2D eigenvalue weighted by Gasteiger charge is -2.05. The van der Waals surface area contributed by atoms with E-state index in [2.05, 4.69) is 6.58 Å². The molecule has 0 aromatic heterocycles. The lowest BCUT2D eigenvalue weighted by Crippen LogP contribution is -2.21. The molecule has 0 aliphatic heterocycles. The van der Waals surface area contributed by atoms with Crippen LogP contribution in [0.25, 0.3) is 0 Å². The molecule has 0 radical (unpaired) electrons. The number of hydrogen-bond acceptors (Lipinski definition) is 5. The van der Waals surface area contributed by atoms with Crippen LogP contribution in [-0.2, 0) is 14.9 Å². The summed E-state index contributed by atoms with van der Waals surface area (Å²) < 4.78 is 28.3. The summed E-state index contributed by atoms with van der Waals surface area (Å²) in [6, 6.07) is 0. The molecule has 0 rings (SSSR count). The molecule has 0 bridgehead atoms. The molecule has 5 N–H and O–H groups in total. The summed E-state index contributed by atoms with van der Waals surface area (Å²) in [6.45, 7) is 4.96. The van der Waals surface area contributed by atoms with E-state index < -0.39 is 16.1 Å². The van der Waals surface area contributed by atoms with Gasteiger partial charge in [0.05, 0.1) is 5.75 Å². The number of nitrogens with zero attached hydrogens (tertiary/aromatic N) is 1. The van der Waals surface area contributed by atoms with Crippen LogP contribution < -0.4 is 6.15 Å². The molecule has 0 fully saturated rings. The minimum atomic E-state index is -3.76. The van der Waals surface area contributed by atoms with Crippen molar-refractivity contribution in [2.75, 3.05) is 26.4 Å². The van der Waals surface area contributed by atoms with Crippen molar-refractivity contribution in [3.05, 3.63) is 12.2 Å². The van der Waals surface area contributed by atoms with Crippen LogP contribution in [0.3, 0.4) is 0 Å². The smallest absolute Gasteiger partial charge is 0.330 e. The fraction of sp³-hybridized carbons (Fsp3) is 0.625. The summed E-state index contributed by atoms with van der Waals surface area (Å²) in [5.74, 6) is -1.13. The van der Waals surface area contributed by atoms with E-state index >= 15 is 0 Å². The number of carboxylic acid groups (broad SMARTS) is 1. The zero-order valence-corrected chi connectivity index (χ0v) is 10.6. The first-order chi connectivity index (χ1) is 6.56. The van der Waals surface area contributed by atoms with Gasteiger partial charge in [0.1, 0.15) is 0 Å². The van der Waals surface area contributed by atoms with E-state index in [1.807, 2.05) is 0 Å². The van der Waals surface area contributed by atoms with Crippen LogP contribution in [0.1, 0.15) is 6.92 Å². The van der Waals surface area contributed by atoms with Crippen LogP contribution in [0, 0.1) is 0 Å². The minimum absolute atomic E-state index is 0. The van der Waals surface area contributed by atoms with Crippen LogP contribution >= 0.6 is 0 Å². The quantitative estimate of drug-likeness (QED) is 0.485. The van der Waals surface area contributed by atoms with Crippen molar-refractivity contribution < 1.29 is 22.9 Å². The van der Waals surface area contributed by atoms with E-state index in [9.17, 15) is 13.2 Å². The molecule has 0 spiro atoms. The first-order valence-electron chi connectivity index (χ1n) is 4.05. The molecule has 98 valence electrons. The highest BCUT2D eigenvalue weighted by Gasteiger charge is 2.03. The predicted octanol–water partition coefficient (Wildman–Crippen LogP) is 0.245. The second-order valence-corrected chi connectivity index (χ2v) is 4.75. The van der Waals surface area contributed by atoms with Crippen LogP contribution in [0.4, 0.5) is 0 Å². The van der Waals surface area contributed by atoms with Gasteiger partial charge in [0, 0.05) is 12.1 Å². The normalized spacial score (nSPS) is 9.81. The second kappa shape index (κ2) is 9.28. The van der Waals surface area contributed by atoms with Crippen molar-refractivity contribution in [1.29, 1.82) is 0 Å². The van der Waals surface area contributed by atoms with Gasteiger partial charge in [-0.2, -0.15) is 8.42 Å². The van der Waals surface area contributed by atoms with E-state index in [4.69, 9.17) is 9.66 Å². The molecule has 0 aliphatic carbocycles. The molecule has 0 unspecified atom stereocenters. The van der Waals surface area contributed by atoms with Crippen molar-refractivity contribution in [1.82, 2.24) is 11.1 Å². The molecule has 0 amide bonds. The van der Waals surface area contributed by atoms with Gasteiger partial charge in [-0.3, -0.25) is 4.55 Å². The molecule has 8 heteroatoms. The number of rotatable bonds is 4. The molecule has 0 aromatic carbocycles. The first-order valence-corrected chi connectivity index (χ1v) is 5.66. The highest BCUT2D eigenvalue weighted by atomic mass is 32.2. The van der Waals surface area contributed by atoms with Crippen molar-refractivity contribution in [3.8, 4) is 0 Å². The lowest BCUT2D eigenvalue weighted by molar-refractivity contribution is -0.132. The summed E-state index contributed by atoms with van der Waals surface area (Å²) in [7, 11) is -0.278. The third-order valence-corrected chi connectivity index (χ3v) is 1.86. The molecule has 16 heavy (non-hydrogen) atoms. The van der Waals surface area contributed by atoms with Crippen LogP contribution in [0.5, 0.6) is 0 Å². The summed E-state index contributed by atoms with van der Waals surface area (Å²) >= 11 is 0. The predicted molar refractivity (Wildman–Crippen MR) is 62.4 cm³/mol. The van der Waals surface area contributed by atoms with E-state index in [1.165, 1.54) is 6.92 Å². The first kappa shape index (κ1) is 20.5. The molecule has 0 aromatic rings. The Morgan fingerprint density at radius 3 is 1.75 bits per heavy atom. The maximum absolute atomic E-state index is 10.1. The van der Waals surface area contributed by atoms with Crippen LogP contribution in [-0.4, -0.2) is 55.3 Å². The highest BCUT2D eigenvalue weighted by Crippen LogP contribution is 1.82. The Kier molecular flexibility index (Phi) is 11.9. The maximum Gasteiger partial charge on any atom is 0.330 e. The Bertz CT molecular complexity index is 298. The van der Waals surface area contributed by atoms with Gasteiger partial charge < -0.3 is 16.2 Å². The van der Waals surface area contributed by atoms with E-state index in [0.29, 0.717) is 6.54 Å². The van der Waals surface area contributed by atoms with Gasteiger partial charge in [-0.1, -0.05) is 6.58 Å². The van der Waals surface area contributed by atoms with Crippen LogP contribution in [0.2, 0.25) is 0 Å². The Balaban J connectivity index is -0.000000214. The Hall–Kier alpha value is -0.960. The molecule has 0 heterocycles. The second-order valence-electron chi connectivity index (χ2n) is 3.17. The third-order valence-electron chi connectivity index (χ3n) is 1.16. The van der Waals surface area contributed by atoms with Crippen molar-refractivity contribution in [2.24, 2.45) is 0 Å². The monoisotopic (exact) mass is 256 g/mol. The zero-order valence-electron chi connectivity index (χ0n) is 9.80. The van der Waals surface area contributed by atoms with Gasteiger partial charge in [-0.05, 0) is 21.0 Å². The lowest BCUT2D eigenvalue weighted by atomic mass is 10.4. The maximum atomic E-state index is 10.1. The Morgan fingerprint density at radius 1 is 1.38 bits per heavy atom. The number of carbonyl (C=O) groups is 1. The van der Waals surface area contributed by atoms with Gasteiger partial charge in [-0.15, -0.1) is 0 Å². The summed E-state index contributed by atoms with van der Waals surface area (Å²) in [5.41, 5.74) is 0.176. The average molecular weight is 256 g/mol. The summed E-state index contributed by atoms with van der Waals surface area (Å²) in [6.07, 6.45) is 0. The molecule has 0 saturated carbocycles. The molecule has 0 saturated heterocycles. The highest BCUT2D eigenvalue weighted by molar-refractivity contribution is 7.85. The van der Waals surface area contributed by atoms with Gasteiger partial charge in [-0.25, -0.2) is 4.79 Å². The van der Waals surface area contributed by atoms with Gasteiger partial charge >= 0.3 is 5.97 Å². The molecule has 0 atom stereocenters. The third kappa shape index (κ3) is 23.1. The van der Waals surface area contributed by atoms with Gasteiger partial charge in [0.15, 0.2) is 0 Å². The van der Waals surface area contributed by atoms with Gasteiger partial charge in [0.2, 0.25) is 0 Å². The topological polar surface area (TPSA) is 130 Å². The number of hydrogen-bond donors (Lipinski definition) is 3. The molecule has 0 aliphatic rings. The fourth-order valence-electron chi connectivity index (χ4n) is 0.298. The summed E-state index contributed by atoms with van der Waals surface area (Å²) in [5, 5.41) is 7.89. The standard InChI is InChI=1S/C4H11NO3S.C4H6O2.H3N/c1-5(2)3-4-9(6,7)8;1-3(2)4(5)6;/h3-4H2,1-2H3,(H,6,7,8);1H2,2H3,(H,5,6);1H3. The van der Waals surface area contributed by atoms with E-state index in [-0.39, 0.29) is 17.5 Å². The van der Waals surface area contributed by atoms with Crippen molar-refractivity contribution >= 4 is 16.1 Å². The summed E-state index contributed by atoms with van der Waals surface area (Å²) in [4.78, 5) is 11.3. The van der Waals surface area contributed by atoms with E-state index in [0.717, 1.165) is 0 Å². The molecule has 7 nitrogen and oxygen atoms in total. The molecular weight excluding hydrogens is 236 g/mol. The van der Waals surface area contributed by atoms with Crippen LogP contribution in [0.15, 0.2) is 12.2 Å². The number of carboxylic acids is 1. The molecular formula is C8H20N2O5S. The largest absolute Gasteiger partial charge is 0.478 e. The average Bonchev–Trinajstić information content (AvgIpc) is 2.00. The SMILES string of the molecule is C=C(C)C(=O)O.CN(C)CCS(=O)(=O)O.N. The van der Waals surface area contributed by atoms with E-state index in [1.54, 1.807) is 19.0 Å². The Labute approximate surface area is 96.1 Å². The zero-order chi connectivity index (χ0) is 12.6. The Morgan fingerprint density at radius 2 is 1.69 bits per heavy atom. The van der Waals surface area contributed by atoms with Gasteiger partial charge in [0.25, 0.3) is 10.1 Å². The number of aliphatic carboxylic acids is 1. The minimum Gasteiger partial charge on any atom is -0.478 e. The fourth-order valence-corrected chi connectivity index (χ4v) is 0.894. The van der Waals surface area contributed by atoms with Crippen molar-refractivity contribution in [2.45, 2.75) is 6.92 Å². The van der Waals surface area contributed by atoms with Crippen molar-refractivity contribution in [3.63, 3.8) is 0 Å².